The second-order valence-corrected chi connectivity index (χ2v) is 5.40. The van der Waals surface area contributed by atoms with Crippen molar-refractivity contribution in [2.45, 2.75) is 45.1 Å². The van der Waals surface area contributed by atoms with Crippen LogP contribution in [0, 0.1) is 12.8 Å². The van der Waals surface area contributed by atoms with E-state index in [2.05, 4.69) is 0 Å². The molecule has 0 spiro atoms. The molecule has 3 nitrogen and oxygen atoms in total. The molecule has 1 atom stereocenters. The lowest BCUT2D eigenvalue weighted by Crippen LogP contribution is -2.20. The van der Waals surface area contributed by atoms with E-state index in [1.54, 1.807) is 7.11 Å². The Morgan fingerprint density at radius 1 is 1.26 bits per heavy atom. The quantitative estimate of drug-likeness (QED) is 0.856. The number of methoxy groups -OCH3 is 1. The highest BCUT2D eigenvalue weighted by atomic mass is 16.5. The lowest BCUT2D eigenvalue weighted by Gasteiger charge is -2.18. The van der Waals surface area contributed by atoms with E-state index < -0.39 is 0 Å². The van der Waals surface area contributed by atoms with Gasteiger partial charge in [-0.05, 0) is 43.4 Å². The van der Waals surface area contributed by atoms with Crippen molar-refractivity contribution in [2.24, 2.45) is 5.92 Å². The molecule has 1 saturated carbocycles. The molecule has 1 aliphatic rings. The van der Waals surface area contributed by atoms with Gasteiger partial charge in [-0.15, -0.1) is 0 Å². The minimum absolute atomic E-state index is 0.223. The molecule has 0 bridgehead atoms. The fraction of sp³-hybridized carbons (Fsp3) is 0.625. The van der Waals surface area contributed by atoms with Crippen molar-refractivity contribution in [1.29, 1.82) is 0 Å². The van der Waals surface area contributed by atoms with Gasteiger partial charge in [-0.25, -0.2) is 0 Å². The van der Waals surface area contributed by atoms with Crippen molar-refractivity contribution in [3.05, 3.63) is 23.8 Å². The van der Waals surface area contributed by atoms with Gasteiger partial charge in [0, 0.05) is 6.42 Å². The molecule has 0 radical (unpaired) electrons. The first-order valence-electron chi connectivity index (χ1n) is 7.16. The molecule has 0 saturated heterocycles. The summed E-state index contributed by atoms with van der Waals surface area (Å²) in [5.74, 6) is 1.99. The summed E-state index contributed by atoms with van der Waals surface area (Å²) < 4.78 is 11.0. The Morgan fingerprint density at radius 3 is 2.68 bits per heavy atom. The summed E-state index contributed by atoms with van der Waals surface area (Å²) in [5, 5.41) is 10.1. The maximum Gasteiger partial charge on any atom is 0.161 e. The summed E-state index contributed by atoms with van der Waals surface area (Å²) in [5.41, 5.74) is 1.15. The van der Waals surface area contributed by atoms with Crippen LogP contribution in [0.25, 0.3) is 0 Å². The average Bonchev–Trinajstić information content (AvgIpc) is 2.94. The van der Waals surface area contributed by atoms with Crippen molar-refractivity contribution in [3.8, 4) is 11.5 Å². The zero-order valence-electron chi connectivity index (χ0n) is 11.9. The van der Waals surface area contributed by atoms with Gasteiger partial charge in [0.1, 0.15) is 0 Å². The number of aryl methyl sites for hydroxylation is 1. The maximum absolute atomic E-state index is 10.1. The van der Waals surface area contributed by atoms with Crippen LogP contribution in [-0.4, -0.2) is 24.9 Å². The predicted molar refractivity (Wildman–Crippen MR) is 75.8 cm³/mol. The van der Waals surface area contributed by atoms with Crippen LogP contribution in [0.5, 0.6) is 11.5 Å². The first-order valence-corrected chi connectivity index (χ1v) is 7.16. The lowest BCUT2D eigenvalue weighted by atomic mass is 9.99. The first kappa shape index (κ1) is 14.2. The molecule has 1 N–H and O–H groups in total. The van der Waals surface area contributed by atoms with Gasteiger partial charge in [-0.1, -0.05) is 18.9 Å². The number of benzene rings is 1. The van der Waals surface area contributed by atoms with Gasteiger partial charge in [0.05, 0.1) is 19.8 Å². The summed E-state index contributed by atoms with van der Waals surface area (Å²) in [6.07, 6.45) is 5.31. The van der Waals surface area contributed by atoms with Gasteiger partial charge < -0.3 is 14.6 Å². The minimum Gasteiger partial charge on any atom is -0.493 e. The molecule has 1 aromatic rings. The molecule has 1 unspecified atom stereocenters. The van der Waals surface area contributed by atoms with Crippen LogP contribution in [-0.2, 0) is 0 Å². The van der Waals surface area contributed by atoms with Crippen LogP contribution in [0.3, 0.4) is 0 Å². The first-order chi connectivity index (χ1) is 9.20. The number of rotatable bonds is 6. The standard InChI is InChI=1S/C16H24O3/c1-12-7-8-15(16(11-12)18-2)19-10-9-14(17)13-5-3-4-6-13/h7-8,11,13-14,17H,3-6,9-10H2,1-2H3. The van der Waals surface area contributed by atoms with Crippen LogP contribution in [0.1, 0.15) is 37.7 Å². The molecule has 0 aromatic heterocycles. The molecule has 3 heteroatoms. The zero-order valence-corrected chi connectivity index (χ0v) is 11.9. The maximum atomic E-state index is 10.1. The fourth-order valence-corrected chi connectivity index (χ4v) is 2.76. The van der Waals surface area contributed by atoms with Gasteiger partial charge in [0.15, 0.2) is 11.5 Å². The Morgan fingerprint density at radius 2 is 2.00 bits per heavy atom. The zero-order chi connectivity index (χ0) is 13.7. The van der Waals surface area contributed by atoms with Crippen LogP contribution < -0.4 is 9.47 Å². The Hall–Kier alpha value is -1.22. The lowest BCUT2D eigenvalue weighted by molar-refractivity contribution is 0.0848. The molecule has 0 aliphatic heterocycles. The van der Waals surface area contributed by atoms with E-state index in [1.807, 2.05) is 25.1 Å². The Labute approximate surface area is 115 Å². The van der Waals surface area contributed by atoms with E-state index in [0.29, 0.717) is 18.9 Å². The van der Waals surface area contributed by atoms with Crippen molar-refractivity contribution in [2.75, 3.05) is 13.7 Å². The van der Waals surface area contributed by atoms with Crippen molar-refractivity contribution < 1.29 is 14.6 Å². The van der Waals surface area contributed by atoms with Gasteiger partial charge in [0.2, 0.25) is 0 Å². The van der Waals surface area contributed by atoms with Gasteiger partial charge in [-0.2, -0.15) is 0 Å². The smallest absolute Gasteiger partial charge is 0.161 e. The van der Waals surface area contributed by atoms with Gasteiger partial charge >= 0.3 is 0 Å². The number of hydrogen-bond acceptors (Lipinski definition) is 3. The summed E-state index contributed by atoms with van der Waals surface area (Å²) in [4.78, 5) is 0. The van der Waals surface area contributed by atoms with Crippen LogP contribution >= 0.6 is 0 Å². The summed E-state index contributed by atoms with van der Waals surface area (Å²) in [6.45, 7) is 2.56. The average molecular weight is 264 g/mol. The van der Waals surface area contributed by atoms with E-state index in [9.17, 15) is 5.11 Å². The van der Waals surface area contributed by atoms with Crippen LogP contribution in [0.15, 0.2) is 18.2 Å². The number of ether oxygens (including phenoxy) is 2. The van der Waals surface area contributed by atoms with Crippen molar-refractivity contribution in [3.63, 3.8) is 0 Å². The molecule has 0 amide bonds. The summed E-state index contributed by atoms with van der Waals surface area (Å²) in [6, 6.07) is 5.89. The molecule has 1 aromatic carbocycles. The van der Waals surface area contributed by atoms with E-state index in [4.69, 9.17) is 9.47 Å². The summed E-state index contributed by atoms with van der Waals surface area (Å²) >= 11 is 0. The number of hydrogen-bond donors (Lipinski definition) is 1. The second kappa shape index (κ2) is 6.80. The second-order valence-electron chi connectivity index (χ2n) is 5.40. The normalized spacial score (nSPS) is 17.4. The monoisotopic (exact) mass is 264 g/mol. The highest BCUT2D eigenvalue weighted by Crippen LogP contribution is 2.30. The molecule has 1 aliphatic carbocycles. The Bertz CT molecular complexity index is 397. The molecule has 19 heavy (non-hydrogen) atoms. The van der Waals surface area contributed by atoms with Crippen LogP contribution in [0.4, 0.5) is 0 Å². The Kier molecular flexibility index (Phi) is 5.08. The third kappa shape index (κ3) is 3.87. The molecule has 0 heterocycles. The predicted octanol–water partition coefficient (Wildman–Crippen LogP) is 3.32. The van der Waals surface area contributed by atoms with Crippen molar-refractivity contribution in [1.82, 2.24) is 0 Å². The van der Waals surface area contributed by atoms with E-state index in [0.717, 1.165) is 29.9 Å². The van der Waals surface area contributed by atoms with Gasteiger partial charge in [-0.3, -0.25) is 0 Å². The molecular formula is C16H24O3. The van der Waals surface area contributed by atoms with E-state index >= 15 is 0 Å². The van der Waals surface area contributed by atoms with E-state index in [1.165, 1.54) is 12.8 Å². The molecule has 106 valence electrons. The molecular weight excluding hydrogens is 240 g/mol. The minimum atomic E-state index is -0.223. The fourth-order valence-electron chi connectivity index (χ4n) is 2.76. The summed E-state index contributed by atoms with van der Waals surface area (Å²) in [7, 11) is 1.65. The van der Waals surface area contributed by atoms with Gasteiger partial charge in [0.25, 0.3) is 0 Å². The number of aliphatic hydroxyl groups excluding tert-OH is 1. The van der Waals surface area contributed by atoms with Crippen LogP contribution in [0.2, 0.25) is 0 Å². The highest BCUT2D eigenvalue weighted by Gasteiger charge is 2.22. The largest absolute Gasteiger partial charge is 0.493 e. The molecule has 2 rings (SSSR count). The van der Waals surface area contributed by atoms with Crippen molar-refractivity contribution >= 4 is 0 Å². The third-order valence-corrected chi connectivity index (χ3v) is 3.93. The Balaban J connectivity index is 1.81. The number of aliphatic hydroxyl groups is 1. The topological polar surface area (TPSA) is 38.7 Å². The SMILES string of the molecule is COc1cc(C)ccc1OCCC(O)C1CCCC1. The third-order valence-electron chi connectivity index (χ3n) is 3.93. The molecule has 1 fully saturated rings. The van der Waals surface area contributed by atoms with E-state index in [-0.39, 0.29) is 6.10 Å². The highest BCUT2D eigenvalue weighted by molar-refractivity contribution is 5.42.